The van der Waals surface area contributed by atoms with Gasteiger partial charge in [0.25, 0.3) is 0 Å². The molecule has 0 saturated carbocycles. The van der Waals surface area contributed by atoms with E-state index in [1.54, 1.807) is 0 Å². The van der Waals surface area contributed by atoms with Crippen molar-refractivity contribution < 1.29 is 15.0 Å². The lowest BCUT2D eigenvalue weighted by Crippen LogP contribution is -2.42. The number of allylic oxidation sites excluding steroid dienone is 1. The van der Waals surface area contributed by atoms with E-state index in [4.69, 9.17) is 5.11 Å². The van der Waals surface area contributed by atoms with Gasteiger partial charge in [-0.15, -0.1) is 0 Å². The summed E-state index contributed by atoms with van der Waals surface area (Å²) in [5.41, 5.74) is 1.10. The van der Waals surface area contributed by atoms with Crippen LogP contribution in [0.25, 0.3) is 0 Å². The lowest BCUT2D eigenvalue weighted by Gasteiger charge is -2.33. The van der Waals surface area contributed by atoms with Crippen LogP contribution in [-0.2, 0) is 11.2 Å². The standard InChI is InChI=1S/C22H31NO3/c24-17-8-3-1-2-7-16-23-20(12-9-13-22(23)26)14-15-21(25)18-19-10-5-4-6-11-19/h2,4-7,10-11,14-15,20-21,24-25H,1,3,8-9,12-13,16-18H2/b7-2-,15-14+/t20-,21?/m1/s1. The van der Waals surface area contributed by atoms with E-state index >= 15 is 0 Å². The molecule has 4 heteroatoms. The van der Waals surface area contributed by atoms with E-state index in [0.717, 1.165) is 37.7 Å². The molecule has 1 unspecified atom stereocenters. The highest BCUT2D eigenvalue weighted by molar-refractivity contribution is 5.77. The molecule has 0 aromatic heterocycles. The van der Waals surface area contributed by atoms with Gasteiger partial charge in [0.15, 0.2) is 0 Å². The van der Waals surface area contributed by atoms with Gasteiger partial charge >= 0.3 is 0 Å². The molecular weight excluding hydrogens is 326 g/mol. The van der Waals surface area contributed by atoms with Crippen molar-refractivity contribution in [3.63, 3.8) is 0 Å². The Morgan fingerprint density at radius 2 is 2.00 bits per heavy atom. The molecule has 2 N–H and O–H groups in total. The Morgan fingerprint density at radius 3 is 2.77 bits per heavy atom. The van der Waals surface area contributed by atoms with Gasteiger partial charge in [-0.1, -0.05) is 54.6 Å². The van der Waals surface area contributed by atoms with Crippen LogP contribution in [0.3, 0.4) is 0 Å². The number of piperidine rings is 1. The van der Waals surface area contributed by atoms with Gasteiger partial charge in [0, 0.05) is 26.0 Å². The van der Waals surface area contributed by atoms with Crippen molar-refractivity contribution in [2.45, 2.75) is 57.1 Å². The van der Waals surface area contributed by atoms with Gasteiger partial charge in [-0.2, -0.15) is 0 Å². The number of aliphatic hydroxyl groups is 2. The van der Waals surface area contributed by atoms with Crippen LogP contribution >= 0.6 is 0 Å². The molecule has 1 heterocycles. The Kier molecular flexibility index (Phi) is 9.15. The van der Waals surface area contributed by atoms with E-state index < -0.39 is 6.10 Å². The number of benzene rings is 1. The predicted octanol–water partition coefficient (Wildman–Crippen LogP) is 3.25. The Morgan fingerprint density at radius 1 is 1.19 bits per heavy atom. The summed E-state index contributed by atoms with van der Waals surface area (Å²) in [5.74, 6) is 0.184. The van der Waals surface area contributed by atoms with Gasteiger partial charge in [-0.25, -0.2) is 0 Å². The minimum Gasteiger partial charge on any atom is -0.396 e. The topological polar surface area (TPSA) is 60.8 Å². The number of hydrogen-bond acceptors (Lipinski definition) is 3. The SMILES string of the molecule is O=C1CCC[C@H](/C=C/C(O)Cc2ccccc2)N1C/C=C\CCCCO. The molecule has 1 aromatic carbocycles. The molecule has 2 rings (SSSR count). The van der Waals surface area contributed by atoms with Gasteiger partial charge in [-0.05, 0) is 37.7 Å². The first-order valence-corrected chi connectivity index (χ1v) is 9.66. The highest BCUT2D eigenvalue weighted by Gasteiger charge is 2.25. The fourth-order valence-electron chi connectivity index (χ4n) is 3.24. The third-order valence-corrected chi connectivity index (χ3v) is 4.70. The van der Waals surface area contributed by atoms with Gasteiger partial charge in [0.2, 0.25) is 5.91 Å². The van der Waals surface area contributed by atoms with Gasteiger partial charge < -0.3 is 15.1 Å². The first-order valence-electron chi connectivity index (χ1n) is 9.66. The summed E-state index contributed by atoms with van der Waals surface area (Å²) in [6.07, 6.45) is 13.2. The zero-order chi connectivity index (χ0) is 18.6. The summed E-state index contributed by atoms with van der Waals surface area (Å²) in [4.78, 5) is 14.2. The molecule has 1 aromatic rings. The van der Waals surface area contributed by atoms with E-state index in [1.165, 1.54) is 0 Å². The average molecular weight is 357 g/mol. The monoisotopic (exact) mass is 357 g/mol. The molecule has 1 amide bonds. The molecule has 1 aliphatic rings. The molecule has 0 spiro atoms. The van der Waals surface area contributed by atoms with E-state index in [0.29, 0.717) is 19.4 Å². The Hall–Kier alpha value is -1.91. The van der Waals surface area contributed by atoms with Gasteiger partial charge in [0.1, 0.15) is 0 Å². The van der Waals surface area contributed by atoms with Gasteiger partial charge in [-0.3, -0.25) is 4.79 Å². The summed E-state index contributed by atoms with van der Waals surface area (Å²) >= 11 is 0. The van der Waals surface area contributed by atoms with Crippen LogP contribution in [0, 0.1) is 0 Å². The fourth-order valence-corrected chi connectivity index (χ4v) is 3.24. The van der Waals surface area contributed by atoms with E-state index in [-0.39, 0.29) is 18.6 Å². The molecule has 1 aliphatic heterocycles. The predicted molar refractivity (Wildman–Crippen MR) is 105 cm³/mol. The number of carbonyl (C=O) groups is 1. The molecule has 4 nitrogen and oxygen atoms in total. The summed E-state index contributed by atoms with van der Waals surface area (Å²) in [6, 6.07) is 9.99. The lowest BCUT2D eigenvalue weighted by atomic mass is 9.99. The smallest absolute Gasteiger partial charge is 0.223 e. The van der Waals surface area contributed by atoms with Crippen LogP contribution in [0.15, 0.2) is 54.6 Å². The van der Waals surface area contributed by atoms with Crippen molar-refractivity contribution in [1.82, 2.24) is 4.90 Å². The number of hydrogen-bond donors (Lipinski definition) is 2. The van der Waals surface area contributed by atoms with Crippen LogP contribution in [0.2, 0.25) is 0 Å². The zero-order valence-electron chi connectivity index (χ0n) is 15.5. The Bertz CT molecular complexity index is 582. The number of nitrogens with zero attached hydrogens (tertiary/aromatic N) is 1. The summed E-state index contributed by atoms with van der Waals surface area (Å²) < 4.78 is 0. The normalized spacial score (nSPS) is 19.5. The number of carbonyl (C=O) groups excluding carboxylic acids is 1. The summed E-state index contributed by atoms with van der Waals surface area (Å²) in [5, 5.41) is 19.0. The number of amides is 1. The fraction of sp³-hybridized carbons (Fsp3) is 0.500. The number of unbranched alkanes of at least 4 members (excludes halogenated alkanes) is 2. The summed E-state index contributed by atoms with van der Waals surface area (Å²) in [7, 11) is 0. The lowest BCUT2D eigenvalue weighted by molar-refractivity contribution is -0.134. The Balaban J connectivity index is 1.86. The molecule has 142 valence electrons. The maximum atomic E-state index is 12.3. The largest absolute Gasteiger partial charge is 0.396 e. The second-order valence-corrected chi connectivity index (χ2v) is 6.84. The molecule has 0 radical (unpaired) electrons. The number of likely N-dealkylation sites (tertiary alicyclic amines) is 1. The Labute approximate surface area is 156 Å². The maximum absolute atomic E-state index is 12.3. The van der Waals surface area contributed by atoms with Crippen LogP contribution in [0.1, 0.15) is 44.1 Å². The molecule has 1 saturated heterocycles. The minimum atomic E-state index is -0.537. The third kappa shape index (κ3) is 7.14. The number of rotatable bonds is 10. The van der Waals surface area contributed by atoms with Gasteiger partial charge in [0.05, 0.1) is 12.1 Å². The highest BCUT2D eigenvalue weighted by Crippen LogP contribution is 2.20. The quantitative estimate of drug-likeness (QED) is 0.499. The van der Waals surface area contributed by atoms with Crippen LogP contribution in [-0.4, -0.2) is 46.3 Å². The van der Waals surface area contributed by atoms with Crippen molar-refractivity contribution in [3.8, 4) is 0 Å². The summed E-state index contributed by atoms with van der Waals surface area (Å²) in [6.45, 7) is 0.846. The molecule has 1 fully saturated rings. The van der Waals surface area contributed by atoms with Crippen molar-refractivity contribution in [2.75, 3.05) is 13.2 Å². The number of aliphatic hydroxyl groups excluding tert-OH is 2. The van der Waals surface area contributed by atoms with Crippen LogP contribution in [0.4, 0.5) is 0 Å². The van der Waals surface area contributed by atoms with Crippen molar-refractivity contribution in [1.29, 1.82) is 0 Å². The highest BCUT2D eigenvalue weighted by atomic mass is 16.3. The van der Waals surface area contributed by atoms with Crippen molar-refractivity contribution in [2.24, 2.45) is 0 Å². The van der Waals surface area contributed by atoms with E-state index in [9.17, 15) is 9.90 Å². The second kappa shape index (κ2) is 11.7. The average Bonchev–Trinajstić information content (AvgIpc) is 2.65. The molecule has 0 bridgehead atoms. The first kappa shape index (κ1) is 20.4. The zero-order valence-corrected chi connectivity index (χ0v) is 15.5. The molecule has 26 heavy (non-hydrogen) atoms. The third-order valence-electron chi connectivity index (χ3n) is 4.70. The maximum Gasteiger partial charge on any atom is 0.223 e. The molecular formula is C22H31NO3. The van der Waals surface area contributed by atoms with E-state index in [2.05, 4.69) is 6.08 Å². The van der Waals surface area contributed by atoms with Crippen molar-refractivity contribution >= 4 is 5.91 Å². The molecule has 0 aliphatic carbocycles. The second-order valence-electron chi connectivity index (χ2n) is 6.84. The minimum absolute atomic E-state index is 0.0590. The molecule has 2 atom stereocenters. The van der Waals surface area contributed by atoms with Crippen molar-refractivity contribution in [3.05, 3.63) is 60.2 Å². The van der Waals surface area contributed by atoms with E-state index in [1.807, 2.05) is 53.5 Å². The van der Waals surface area contributed by atoms with Crippen LogP contribution < -0.4 is 0 Å². The first-order chi connectivity index (χ1) is 12.7. The van der Waals surface area contributed by atoms with Crippen LogP contribution in [0.5, 0.6) is 0 Å².